The van der Waals surface area contributed by atoms with Crippen molar-refractivity contribution in [3.63, 3.8) is 0 Å². The Morgan fingerprint density at radius 2 is 2.00 bits per heavy atom. The van der Waals surface area contributed by atoms with Gasteiger partial charge in [0.15, 0.2) is 14.6 Å². The molecule has 1 aliphatic rings. The molecule has 25 heavy (non-hydrogen) atoms. The maximum Gasteiger partial charge on any atom is 0.330 e. The Kier molecular flexibility index (Phi) is 8.81. The van der Waals surface area contributed by atoms with Crippen molar-refractivity contribution in [1.29, 1.82) is 0 Å². The van der Waals surface area contributed by atoms with E-state index in [2.05, 4.69) is 33.9 Å². The zero-order valence-electron chi connectivity index (χ0n) is 17.0. The molecule has 0 aromatic carbocycles. The van der Waals surface area contributed by atoms with Crippen molar-refractivity contribution in [3.8, 4) is 0 Å². The highest BCUT2D eigenvalue weighted by Crippen LogP contribution is 2.38. The van der Waals surface area contributed by atoms with E-state index in [1.165, 1.54) is 6.08 Å². The highest BCUT2D eigenvalue weighted by molar-refractivity contribution is 6.74. The van der Waals surface area contributed by atoms with Crippen LogP contribution in [0.25, 0.3) is 0 Å². The third-order valence-corrected chi connectivity index (χ3v) is 9.48. The van der Waals surface area contributed by atoms with E-state index in [0.717, 1.165) is 25.9 Å². The number of rotatable bonds is 8. The van der Waals surface area contributed by atoms with Gasteiger partial charge in [0, 0.05) is 12.7 Å². The lowest BCUT2D eigenvalue weighted by atomic mass is 10.2. The number of hydrogen-bond acceptors (Lipinski definition) is 5. The van der Waals surface area contributed by atoms with E-state index in [1.54, 1.807) is 13.0 Å². The van der Waals surface area contributed by atoms with Gasteiger partial charge in [-0.25, -0.2) is 4.79 Å². The van der Waals surface area contributed by atoms with Crippen LogP contribution in [-0.4, -0.2) is 46.0 Å². The summed E-state index contributed by atoms with van der Waals surface area (Å²) < 4.78 is 23.2. The monoisotopic (exact) mass is 372 g/mol. The minimum atomic E-state index is -1.94. The summed E-state index contributed by atoms with van der Waals surface area (Å²) in [5.74, 6) is -0.361. The van der Waals surface area contributed by atoms with Crippen molar-refractivity contribution in [2.24, 2.45) is 0 Å². The van der Waals surface area contributed by atoms with Gasteiger partial charge < -0.3 is 18.6 Å². The molecule has 1 rings (SSSR count). The molecule has 0 bridgehead atoms. The van der Waals surface area contributed by atoms with E-state index >= 15 is 0 Å². The van der Waals surface area contributed by atoms with Crippen molar-refractivity contribution >= 4 is 14.3 Å². The Morgan fingerprint density at radius 1 is 1.32 bits per heavy atom. The second-order valence-corrected chi connectivity index (χ2v) is 12.8. The van der Waals surface area contributed by atoms with E-state index in [1.807, 2.05) is 6.92 Å². The minimum absolute atomic E-state index is 0.109. The van der Waals surface area contributed by atoms with E-state index in [-0.39, 0.29) is 29.5 Å². The molecule has 0 aromatic rings. The normalized spacial score (nSPS) is 22.0. The molecule has 0 aliphatic carbocycles. The van der Waals surface area contributed by atoms with Crippen LogP contribution < -0.4 is 0 Å². The van der Waals surface area contributed by atoms with Crippen molar-refractivity contribution in [2.75, 3.05) is 13.2 Å². The zero-order chi connectivity index (χ0) is 19.1. The molecule has 3 atom stereocenters. The number of carbonyl (C=O) groups excluding carboxylic acids is 1. The summed E-state index contributed by atoms with van der Waals surface area (Å²) in [6, 6.07) is 0. The molecule has 6 heteroatoms. The van der Waals surface area contributed by atoms with E-state index in [4.69, 9.17) is 18.6 Å². The summed E-state index contributed by atoms with van der Waals surface area (Å²) in [6.07, 6.45) is 5.46. The average Bonchev–Trinajstić information content (AvgIpc) is 2.51. The van der Waals surface area contributed by atoms with Crippen molar-refractivity contribution < 1.29 is 23.4 Å². The maximum absolute atomic E-state index is 11.7. The molecule has 1 unspecified atom stereocenters. The molecule has 1 fully saturated rings. The summed E-state index contributed by atoms with van der Waals surface area (Å²) in [7, 11) is -1.94. The van der Waals surface area contributed by atoms with Gasteiger partial charge in [-0.15, -0.1) is 0 Å². The van der Waals surface area contributed by atoms with Crippen LogP contribution in [0.15, 0.2) is 12.2 Å². The van der Waals surface area contributed by atoms with Gasteiger partial charge in [-0.2, -0.15) is 0 Å². The van der Waals surface area contributed by atoms with Gasteiger partial charge in [-0.1, -0.05) is 20.8 Å². The van der Waals surface area contributed by atoms with Gasteiger partial charge >= 0.3 is 5.97 Å². The van der Waals surface area contributed by atoms with Crippen LogP contribution in [0.5, 0.6) is 0 Å². The van der Waals surface area contributed by atoms with Gasteiger partial charge in [0.1, 0.15) is 6.10 Å². The summed E-state index contributed by atoms with van der Waals surface area (Å²) in [5.41, 5.74) is 0. The second-order valence-electron chi connectivity index (χ2n) is 8.09. The predicted molar refractivity (Wildman–Crippen MR) is 102 cm³/mol. The molecule has 1 heterocycles. The topological polar surface area (TPSA) is 54.0 Å². The smallest absolute Gasteiger partial charge is 0.330 e. The van der Waals surface area contributed by atoms with E-state index in [0.29, 0.717) is 6.61 Å². The predicted octanol–water partition coefficient (Wildman–Crippen LogP) is 4.43. The molecule has 0 saturated carbocycles. The van der Waals surface area contributed by atoms with Crippen LogP contribution >= 0.6 is 0 Å². The standard InChI is InChI=1S/C19H36O5Si/c1-8-21-17(20)13-12-16(23-18-11-9-10-14-22-18)15(2)24-25(6,7)19(3,4)5/h12-13,15-16,18H,8-11,14H2,1-7H3/b13-12+/t15-,16-,18?/m1/s1. The Balaban J connectivity index is 2.82. The molecule has 0 amide bonds. The molecule has 0 aromatic heterocycles. The Morgan fingerprint density at radius 3 is 2.52 bits per heavy atom. The third kappa shape index (κ3) is 7.60. The van der Waals surface area contributed by atoms with Crippen molar-refractivity contribution in [2.45, 2.75) is 90.5 Å². The third-order valence-electron chi connectivity index (χ3n) is 4.90. The highest BCUT2D eigenvalue weighted by Gasteiger charge is 2.40. The lowest BCUT2D eigenvalue weighted by Gasteiger charge is -2.40. The Hall–Kier alpha value is -0.693. The van der Waals surface area contributed by atoms with Crippen molar-refractivity contribution in [3.05, 3.63) is 12.2 Å². The molecule has 1 aliphatic heterocycles. The summed E-state index contributed by atoms with van der Waals surface area (Å²) >= 11 is 0. The first-order chi connectivity index (χ1) is 11.6. The largest absolute Gasteiger partial charge is 0.463 e. The molecular formula is C19H36O5Si. The first-order valence-electron chi connectivity index (χ1n) is 9.36. The van der Waals surface area contributed by atoms with E-state index < -0.39 is 8.32 Å². The lowest BCUT2D eigenvalue weighted by molar-refractivity contribution is -0.192. The zero-order valence-corrected chi connectivity index (χ0v) is 18.0. The van der Waals surface area contributed by atoms with Crippen LogP contribution in [0.1, 0.15) is 53.9 Å². The number of carbonyl (C=O) groups is 1. The van der Waals surface area contributed by atoms with Gasteiger partial charge in [0.05, 0.1) is 12.7 Å². The summed E-state index contributed by atoms with van der Waals surface area (Å²) in [6.45, 7) is 15.9. The van der Waals surface area contributed by atoms with Crippen molar-refractivity contribution in [1.82, 2.24) is 0 Å². The number of ether oxygens (including phenoxy) is 3. The highest BCUT2D eigenvalue weighted by atomic mass is 28.4. The fourth-order valence-corrected chi connectivity index (χ4v) is 3.80. The van der Waals surface area contributed by atoms with Gasteiger partial charge in [0.2, 0.25) is 0 Å². The second kappa shape index (κ2) is 9.85. The minimum Gasteiger partial charge on any atom is -0.463 e. The summed E-state index contributed by atoms with van der Waals surface area (Å²) in [5, 5.41) is 0.109. The molecule has 146 valence electrons. The van der Waals surface area contributed by atoms with Gasteiger partial charge in [-0.3, -0.25) is 0 Å². The Labute approximate surface area is 154 Å². The quantitative estimate of drug-likeness (QED) is 0.358. The molecule has 0 spiro atoms. The average molecular weight is 373 g/mol. The number of hydrogen-bond donors (Lipinski definition) is 0. The molecule has 0 N–H and O–H groups in total. The number of esters is 1. The first-order valence-corrected chi connectivity index (χ1v) is 12.3. The first kappa shape index (κ1) is 22.3. The molecule has 5 nitrogen and oxygen atoms in total. The molecule has 1 saturated heterocycles. The van der Waals surface area contributed by atoms with Crippen LogP contribution in [-0.2, 0) is 23.4 Å². The molecule has 0 radical (unpaired) electrons. The van der Waals surface area contributed by atoms with Gasteiger partial charge in [-0.05, 0) is 57.3 Å². The molecular weight excluding hydrogens is 336 g/mol. The maximum atomic E-state index is 11.7. The fourth-order valence-electron chi connectivity index (χ4n) is 2.38. The summed E-state index contributed by atoms with van der Waals surface area (Å²) in [4.78, 5) is 11.7. The van der Waals surface area contributed by atoms with Crippen LogP contribution in [0.2, 0.25) is 18.1 Å². The van der Waals surface area contributed by atoms with Crippen LogP contribution in [0, 0.1) is 0 Å². The van der Waals surface area contributed by atoms with Gasteiger partial charge in [0.25, 0.3) is 0 Å². The lowest BCUT2D eigenvalue weighted by Crippen LogP contribution is -2.47. The van der Waals surface area contributed by atoms with Crippen LogP contribution in [0.4, 0.5) is 0 Å². The SMILES string of the molecule is CCOC(=O)/C=C/[C@@H](OC1CCCCO1)[C@@H](C)O[Si](C)(C)C(C)(C)C. The van der Waals surface area contributed by atoms with E-state index in [9.17, 15) is 4.79 Å². The van der Waals surface area contributed by atoms with Crippen LogP contribution in [0.3, 0.4) is 0 Å². The fraction of sp³-hybridized carbons (Fsp3) is 0.842. The Bertz CT molecular complexity index is 436.